The van der Waals surface area contributed by atoms with Crippen LogP contribution in [0.5, 0.6) is 0 Å². The van der Waals surface area contributed by atoms with Crippen LogP contribution >= 0.6 is 0 Å². The maximum Gasteiger partial charge on any atom is 0.308 e. The second kappa shape index (κ2) is 4.09. The van der Waals surface area contributed by atoms with E-state index in [2.05, 4.69) is 0 Å². The van der Waals surface area contributed by atoms with Gasteiger partial charge >= 0.3 is 11.9 Å². The minimum atomic E-state index is -0.934. The lowest BCUT2D eigenvalue weighted by molar-refractivity contribution is -0.153. The maximum atomic E-state index is 11.0. The molecule has 1 fully saturated rings. The summed E-state index contributed by atoms with van der Waals surface area (Å²) in [5.41, 5.74) is 0. The Kier molecular flexibility index (Phi) is 3.08. The number of carboxylic acid groups (broad SMARTS) is 1. The molecule has 1 aliphatic carbocycles. The smallest absolute Gasteiger partial charge is 0.308 e. The fourth-order valence-corrected chi connectivity index (χ4v) is 1.00. The van der Waals surface area contributed by atoms with E-state index in [1.807, 2.05) is 0 Å². The Morgan fingerprint density at radius 1 is 1.42 bits per heavy atom. The highest BCUT2D eigenvalue weighted by Gasteiger charge is 2.26. The molecule has 0 bridgehead atoms. The second-order valence-corrected chi connectivity index (χ2v) is 2.94. The maximum absolute atomic E-state index is 11.0. The van der Waals surface area contributed by atoms with E-state index in [1.54, 1.807) is 0 Å². The highest BCUT2D eigenvalue weighted by atomic mass is 16.5. The van der Waals surface area contributed by atoms with Gasteiger partial charge in [-0.1, -0.05) is 6.42 Å². The molecule has 0 aromatic carbocycles. The molecule has 1 aliphatic rings. The number of hydrogen-bond donors (Lipinski definition) is 1. The lowest BCUT2D eigenvalue weighted by atomic mass is 9.86. The molecule has 0 unspecified atom stereocenters. The SMILES string of the molecule is O=C(O)CCOC(=O)C1CCC1. The molecular weight excluding hydrogens is 160 g/mol. The Morgan fingerprint density at radius 3 is 2.50 bits per heavy atom. The van der Waals surface area contributed by atoms with Crippen molar-refractivity contribution in [1.82, 2.24) is 0 Å². The Labute approximate surface area is 70.5 Å². The van der Waals surface area contributed by atoms with Gasteiger partial charge in [-0.15, -0.1) is 0 Å². The van der Waals surface area contributed by atoms with E-state index in [1.165, 1.54) is 0 Å². The number of hydrogen-bond acceptors (Lipinski definition) is 3. The van der Waals surface area contributed by atoms with E-state index in [4.69, 9.17) is 9.84 Å². The zero-order valence-electron chi connectivity index (χ0n) is 6.78. The van der Waals surface area contributed by atoms with Crippen molar-refractivity contribution in [1.29, 1.82) is 0 Å². The number of carbonyl (C=O) groups excluding carboxylic acids is 1. The summed E-state index contributed by atoms with van der Waals surface area (Å²) in [5.74, 6) is -1.13. The van der Waals surface area contributed by atoms with Gasteiger partial charge in [0.15, 0.2) is 0 Å². The van der Waals surface area contributed by atoms with Crippen molar-refractivity contribution < 1.29 is 19.4 Å². The monoisotopic (exact) mass is 172 g/mol. The Hall–Kier alpha value is -1.06. The number of carbonyl (C=O) groups is 2. The molecule has 0 saturated heterocycles. The standard InChI is InChI=1S/C8H12O4/c9-7(10)4-5-12-8(11)6-2-1-3-6/h6H,1-5H2,(H,9,10). The molecule has 0 heterocycles. The Balaban J connectivity index is 2.05. The summed E-state index contributed by atoms with van der Waals surface area (Å²) in [5, 5.41) is 8.24. The first kappa shape index (κ1) is 9.03. The second-order valence-electron chi connectivity index (χ2n) is 2.94. The molecule has 68 valence electrons. The molecule has 12 heavy (non-hydrogen) atoms. The fraction of sp³-hybridized carbons (Fsp3) is 0.750. The van der Waals surface area contributed by atoms with Crippen LogP contribution in [0.25, 0.3) is 0 Å². The quantitative estimate of drug-likeness (QED) is 0.637. The number of carboxylic acids is 1. The zero-order valence-corrected chi connectivity index (χ0v) is 6.78. The van der Waals surface area contributed by atoms with Crippen LogP contribution in [-0.4, -0.2) is 23.7 Å². The first-order valence-electron chi connectivity index (χ1n) is 4.08. The Bertz CT molecular complexity index is 183. The molecule has 4 nitrogen and oxygen atoms in total. The van der Waals surface area contributed by atoms with Crippen LogP contribution in [0.4, 0.5) is 0 Å². The predicted octanol–water partition coefficient (Wildman–Crippen LogP) is 0.804. The number of esters is 1. The Morgan fingerprint density at radius 2 is 2.08 bits per heavy atom. The topological polar surface area (TPSA) is 63.6 Å². The predicted molar refractivity (Wildman–Crippen MR) is 40.6 cm³/mol. The molecule has 0 radical (unpaired) electrons. The van der Waals surface area contributed by atoms with Gasteiger partial charge in [-0.2, -0.15) is 0 Å². The van der Waals surface area contributed by atoms with E-state index in [-0.39, 0.29) is 24.9 Å². The van der Waals surface area contributed by atoms with Crippen molar-refractivity contribution in [2.24, 2.45) is 5.92 Å². The summed E-state index contributed by atoms with van der Waals surface area (Å²) in [6.45, 7) is 0.00463. The minimum absolute atomic E-state index is 0.00463. The van der Waals surface area contributed by atoms with Gasteiger partial charge in [-0.25, -0.2) is 0 Å². The third-order valence-electron chi connectivity index (χ3n) is 2.00. The third kappa shape index (κ3) is 2.53. The third-order valence-corrected chi connectivity index (χ3v) is 2.00. The van der Waals surface area contributed by atoms with E-state index in [0.717, 1.165) is 19.3 Å². The van der Waals surface area contributed by atoms with Crippen molar-refractivity contribution in [2.45, 2.75) is 25.7 Å². The molecule has 0 aliphatic heterocycles. The molecule has 1 saturated carbocycles. The summed E-state index contributed by atoms with van der Waals surface area (Å²) in [7, 11) is 0. The zero-order chi connectivity index (χ0) is 8.97. The summed E-state index contributed by atoms with van der Waals surface area (Å²) >= 11 is 0. The lowest BCUT2D eigenvalue weighted by Crippen LogP contribution is -2.24. The molecular formula is C8H12O4. The number of aliphatic carboxylic acids is 1. The average molecular weight is 172 g/mol. The molecule has 0 aromatic rings. The largest absolute Gasteiger partial charge is 0.481 e. The van der Waals surface area contributed by atoms with E-state index < -0.39 is 5.97 Å². The normalized spacial score (nSPS) is 16.7. The fourth-order valence-electron chi connectivity index (χ4n) is 1.00. The number of ether oxygens (including phenoxy) is 1. The van der Waals surface area contributed by atoms with E-state index in [0.29, 0.717) is 0 Å². The summed E-state index contributed by atoms with van der Waals surface area (Å²) in [6.07, 6.45) is 2.77. The average Bonchev–Trinajstić information content (AvgIpc) is 1.81. The van der Waals surface area contributed by atoms with Gasteiger partial charge in [0.1, 0.15) is 6.61 Å². The van der Waals surface area contributed by atoms with Crippen molar-refractivity contribution in [2.75, 3.05) is 6.61 Å². The molecule has 0 amide bonds. The molecule has 0 aromatic heterocycles. The van der Waals surface area contributed by atoms with Gasteiger partial charge in [0.2, 0.25) is 0 Å². The summed E-state index contributed by atoms with van der Waals surface area (Å²) in [4.78, 5) is 21.0. The lowest BCUT2D eigenvalue weighted by Gasteiger charge is -2.22. The number of rotatable bonds is 4. The minimum Gasteiger partial charge on any atom is -0.481 e. The van der Waals surface area contributed by atoms with Crippen LogP contribution in [0.1, 0.15) is 25.7 Å². The van der Waals surface area contributed by atoms with Gasteiger partial charge in [0.05, 0.1) is 12.3 Å². The van der Waals surface area contributed by atoms with Crippen LogP contribution in [0, 0.1) is 5.92 Å². The van der Waals surface area contributed by atoms with Gasteiger partial charge in [0, 0.05) is 0 Å². The first-order valence-corrected chi connectivity index (χ1v) is 4.08. The highest BCUT2D eigenvalue weighted by molar-refractivity contribution is 5.74. The summed E-state index contributed by atoms with van der Waals surface area (Å²) < 4.78 is 4.74. The van der Waals surface area contributed by atoms with Crippen molar-refractivity contribution in [3.05, 3.63) is 0 Å². The van der Waals surface area contributed by atoms with Crippen molar-refractivity contribution in [3.8, 4) is 0 Å². The van der Waals surface area contributed by atoms with Crippen molar-refractivity contribution >= 4 is 11.9 Å². The van der Waals surface area contributed by atoms with Crippen molar-refractivity contribution in [3.63, 3.8) is 0 Å². The van der Waals surface area contributed by atoms with Gasteiger partial charge < -0.3 is 9.84 Å². The van der Waals surface area contributed by atoms with Crippen LogP contribution < -0.4 is 0 Å². The van der Waals surface area contributed by atoms with Crippen LogP contribution in [0.15, 0.2) is 0 Å². The van der Waals surface area contributed by atoms with Crippen LogP contribution in [-0.2, 0) is 14.3 Å². The molecule has 4 heteroatoms. The first-order chi connectivity index (χ1) is 5.70. The van der Waals surface area contributed by atoms with Crippen LogP contribution in [0.3, 0.4) is 0 Å². The van der Waals surface area contributed by atoms with Gasteiger partial charge in [0.25, 0.3) is 0 Å². The molecule has 1 N–H and O–H groups in total. The molecule has 0 spiro atoms. The van der Waals surface area contributed by atoms with E-state index in [9.17, 15) is 9.59 Å². The molecule has 0 atom stereocenters. The van der Waals surface area contributed by atoms with Crippen LogP contribution in [0.2, 0.25) is 0 Å². The van der Waals surface area contributed by atoms with Gasteiger partial charge in [-0.05, 0) is 12.8 Å². The molecule has 1 rings (SSSR count). The summed E-state index contributed by atoms with van der Waals surface area (Å²) in [6, 6.07) is 0. The highest BCUT2D eigenvalue weighted by Crippen LogP contribution is 2.27. The van der Waals surface area contributed by atoms with Gasteiger partial charge in [-0.3, -0.25) is 9.59 Å². The van der Waals surface area contributed by atoms with E-state index >= 15 is 0 Å².